The quantitative estimate of drug-likeness (QED) is 0.745. The summed E-state index contributed by atoms with van der Waals surface area (Å²) < 4.78 is 5.81. The second-order valence-electron chi connectivity index (χ2n) is 6.08. The number of fused-ring (bicyclic) bond motifs is 1. The number of hydrogen-bond acceptors (Lipinski definition) is 2. The maximum Gasteiger partial charge on any atom is 0.265 e. The van der Waals surface area contributed by atoms with Crippen LogP contribution in [0.2, 0.25) is 0 Å². The van der Waals surface area contributed by atoms with E-state index in [4.69, 9.17) is 4.74 Å². The number of nitrogens with one attached hydrogen (secondary N) is 1. The van der Waals surface area contributed by atoms with E-state index in [0.29, 0.717) is 5.75 Å². The Balaban J connectivity index is 1.70. The van der Waals surface area contributed by atoms with Gasteiger partial charge < -0.3 is 10.1 Å². The summed E-state index contributed by atoms with van der Waals surface area (Å²) in [7, 11) is 0. The molecule has 0 radical (unpaired) electrons. The normalized spacial score (nSPS) is 12.0. The molecule has 0 saturated heterocycles. The Morgan fingerprint density at radius 1 is 0.958 bits per heavy atom. The first-order valence-corrected chi connectivity index (χ1v) is 8.06. The lowest BCUT2D eigenvalue weighted by Crippen LogP contribution is -2.30. The van der Waals surface area contributed by atoms with Gasteiger partial charge in [-0.2, -0.15) is 0 Å². The summed E-state index contributed by atoms with van der Waals surface area (Å²) in [4.78, 5) is 12.4. The summed E-state index contributed by atoms with van der Waals surface area (Å²) in [5, 5.41) is 5.18. The van der Waals surface area contributed by atoms with Crippen molar-refractivity contribution in [1.82, 2.24) is 0 Å². The lowest BCUT2D eigenvalue weighted by molar-refractivity contribution is -0.122. The van der Waals surface area contributed by atoms with Gasteiger partial charge in [0.05, 0.1) is 0 Å². The molecule has 3 aromatic carbocycles. The molecule has 0 bridgehead atoms. The molecule has 0 spiro atoms. The first-order chi connectivity index (χ1) is 11.5. The molecular weight excluding hydrogens is 298 g/mol. The van der Waals surface area contributed by atoms with E-state index in [-0.39, 0.29) is 5.91 Å². The molecule has 0 aliphatic heterocycles. The summed E-state index contributed by atoms with van der Waals surface area (Å²) in [6.45, 7) is 5.77. The highest BCUT2D eigenvalue weighted by molar-refractivity contribution is 5.95. The molecule has 0 heterocycles. The van der Waals surface area contributed by atoms with Crippen molar-refractivity contribution in [3.8, 4) is 5.75 Å². The van der Waals surface area contributed by atoms with Crippen LogP contribution >= 0.6 is 0 Å². The first kappa shape index (κ1) is 16.1. The number of hydrogen-bond donors (Lipinski definition) is 1. The molecule has 3 aromatic rings. The Morgan fingerprint density at radius 2 is 1.71 bits per heavy atom. The number of aryl methyl sites for hydroxylation is 2. The monoisotopic (exact) mass is 319 g/mol. The van der Waals surface area contributed by atoms with Gasteiger partial charge in [-0.25, -0.2) is 0 Å². The number of rotatable bonds is 4. The highest BCUT2D eigenvalue weighted by Crippen LogP contribution is 2.22. The fourth-order valence-electron chi connectivity index (χ4n) is 2.69. The van der Waals surface area contributed by atoms with Crippen LogP contribution in [0, 0.1) is 13.8 Å². The molecule has 3 nitrogen and oxygen atoms in total. The van der Waals surface area contributed by atoms with Crippen molar-refractivity contribution >= 4 is 22.4 Å². The Bertz CT molecular complexity index is 886. The number of anilines is 1. The second-order valence-corrected chi connectivity index (χ2v) is 6.08. The van der Waals surface area contributed by atoms with E-state index < -0.39 is 6.10 Å². The van der Waals surface area contributed by atoms with Crippen molar-refractivity contribution < 1.29 is 9.53 Å². The van der Waals surface area contributed by atoms with Crippen LogP contribution in [0.4, 0.5) is 5.69 Å². The van der Waals surface area contributed by atoms with Crippen molar-refractivity contribution in [1.29, 1.82) is 0 Å². The van der Waals surface area contributed by atoms with E-state index in [9.17, 15) is 4.79 Å². The van der Waals surface area contributed by atoms with Crippen LogP contribution in [-0.4, -0.2) is 12.0 Å². The molecule has 122 valence electrons. The average Bonchev–Trinajstić information content (AvgIpc) is 2.57. The highest BCUT2D eigenvalue weighted by atomic mass is 16.5. The Labute approximate surface area is 142 Å². The number of carbonyl (C=O) groups is 1. The van der Waals surface area contributed by atoms with Gasteiger partial charge in [-0.15, -0.1) is 0 Å². The predicted molar refractivity (Wildman–Crippen MR) is 98.6 cm³/mol. The zero-order valence-electron chi connectivity index (χ0n) is 14.2. The molecule has 0 aromatic heterocycles. The van der Waals surface area contributed by atoms with Crippen molar-refractivity contribution in [3.63, 3.8) is 0 Å². The van der Waals surface area contributed by atoms with Crippen LogP contribution in [-0.2, 0) is 4.79 Å². The Kier molecular flexibility index (Phi) is 4.52. The van der Waals surface area contributed by atoms with Gasteiger partial charge in [-0.1, -0.05) is 48.0 Å². The summed E-state index contributed by atoms with van der Waals surface area (Å²) in [5.41, 5.74) is 3.03. The van der Waals surface area contributed by atoms with Crippen LogP contribution < -0.4 is 10.1 Å². The van der Waals surface area contributed by atoms with Crippen LogP contribution in [0.15, 0.2) is 60.7 Å². The van der Waals surface area contributed by atoms with E-state index in [1.54, 1.807) is 6.92 Å². The second kappa shape index (κ2) is 6.75. The summed E-state index contributed by atoms with van der Waals surface area (Å²) >= 11 is 0. The van der Waals surface area contributed by atoms with E-state index >= 15 is 0 Å². The van der Waals surface area contributed by atoms with Gasteiger partial charge in [-0.05, 0) is 55.3 Å². The van der Waals surface area contributed by atoms with E-state index in [1.807, 2.05) is 68.4 Å². The summed E-state index contributed by atoms with van der Waals surface area (Å²) in [6.07, 6.45) is -0.577. The smallest absolute Gasteiger partial charge is 0.265 e. The fraction of sp³-hybridized carbons (Fsp3) is 0.190. The molecule has 1 atom stereocenters. The topological polar surface area (TPSA) is 38.3 Å². The number of ether oxygens (including phenoxy) is 1. The minimum absolute atomic E-state index is 0.157. The van der Waals surface area contributed by atoms with Gasteiger partial charge in [0.2, 0.25) is 0 Å². The molecule has 0 saturated carbocycles. The van der Waals surface area contributed by atoms with Gasteiger partial charge in [-0.3, -0.25) is 4.79 Å². The van der Waals surface area contributed by atoms with Crippen molar-refractivity contribution in [3.05, 3.63) is 71.8 Å². The minimum Gasteiger partial charge on any atom is -0.481 e. The first-order valence-electron chi connectivity index (χ1n) is 8.06. The molecule has 1 amide bonds. The van der Waals surface area contributed by atoms with Crippen molar-refractivity contribution in [2.24, 2.45) is 0 Å². The zero-order valence-corrected chi connectivity index (χ0v) is 14.2. The van der Waals surface area contributed by atoms with Crippen LogP contribution in [0.3, 0.4) is 0 Å². The maximum atomic E-state index is 12.4. The molecule has 0 fully saturated rings. The zero-order chi connectivity index (χ0) is 17.1. The average molecular weight is 319 g/mol. The predicted octanol–water partition coefficient (Wildman–Crippen LogP) is 4.86. The minimum atomic E-state index is -0.577. The maximum absolute atomic E-state index is 12.4. The number of carbonyl (C=O) groups excluding carboxylic acids is 1. The summed E-state index contributed by atoms with van der Waals surface area (Å²) in [6, 6.07) is 19.9. The van der Waals surface area contributed by atoms with E-state index in [1.165, 1.54) is 5.56 Å². The lowest BCUT2D eigenvalue weighted by atomic mass is 10.1. The van der Waals surface area contributed by atoms with Crippen LogP contribution in [0.25, 0.3) is 10.8 Å². The third-order valence-electron chi connectivity index (χ3n) is 4.04. The van der Waals surface area contributed by atoms with Gasteiger partial charge in [0.15, 0.2) is 6.10 Å². The molecule has 3 rings (SSSR count). The number of amides is 1. The van der Waals surface area contributed by atoms with Crippen LogP contribution in [0.1, 0.15) is 18.1 Å². The highest BCUT2D eigenvalue weighted by Gasteiger charge is 2.16. The largest absolute Gasteiger partial charge is 0.481 e. The Morgan fingerprint density at radius 3 is 2.46 bits per heavy atom. The van der Waals surface area contributed by atoms with Gasteiger partial charge in [0.1, 0.15) is 5.75 Å². The van der Waals surface area contributed by atoms with Crippen molar-refractivity contribution in [2.45, 2.75) is 26.9 Å². The number of benzene rings is 3. The standard InChI is InChI=1S/C21H21NO2/c1-14-8-11-20(15(2)12-14)22-21(23)16(3)24-19-10-9-17-6-4-5-7-18(17)13-19/h4-13,16H,1-3H3,(H,22,23)/t16-/m0/s1. The van der Waals surface area contributed by atoms with Gasteiger partial charge in [0.25, 0.3) is 5.91 Å². The summed E-state index contributed by atoms with van der Waals surface area (Å²) in [5.74, 6) is 0.534. The molecule has 1 N–H and O–H groups in total. The Hall–Kier alpha value is -2.81. The van der Waals surface area contributed by atoms with Gasteiger partial charge in [0, 0.05) is 5.69 Å². The molecule has 3 heteroatoms. The SMILES string of the molecule is Cc1ccc(NC(=O)[C@H](C)Oc2ccc3ccccc3c2)c(C)c1. The molecule has 24 heavy (non-hydrogen) atoms. The van der Waals surface area contributed by atoms with E-state index in [0.717, 1.165) is 22.0 Å². The fourth-order valence-corrected chi connectivity index (χ4v) is 2.69. The third-order valence-corrected chi connectivity index (χ3v) is 4.04. The van der Waals surface area contributed by atoms with E-state index in [2.05, 4.69) is 11.4 Å². The van der Waals surface area contributed by atoms with Crippen LogP contribution in [0.5, 0.6) is 5.75 Å². The lowest BCUT2D eigenvalue weighted by Gasteiger charge is -2.16. The molecular formula is C21H21NO2. The van der Waals surface area contributed by atoms with Crippen molar-refractivity contribution in [2.75, 3.05) is 5.32 Å². The third kappa shape index (κ3) is 3.57. The molecule has 0 aliphatic rings. The molecule has 0 unspecified atom stereocenters. The molecule has 0 aliphatic carbocycles. The van der Waals surface area contributed by atoms with Gasteiger partial charge >= 0.3 is 0 Å².